The van der Waals surface area contributed by atoms with E-state index in [4.69, 9.17) is 0 Å². The maximum atomic E-state index is 10.2. The van der Waals surface area contributed by atoms with E-state index in [1.807, 2.05) is 0 Å². The maximum absolute atomic E-state index is 10.2. The molecule has 1 heteroatoms. The first-order valence-corrected chi connectivity index (χ1v) is 3.12. The molecule has 0 N–H and O–H groups in total. The van der Waals surface area contributed by atoms with E-state index in [0.29, 0.717) is 11.3 Å². The number of hydrogen-bond donors (Lipinski definition) is 0. The summed E-state index contributed by atoms with van der Waals surface area (Å²) in [5.41, 5.74) is 0.321. The van der Waals surface area contributed by atoms with E-state index in [1.165, 1.54) is 6.42 Å². The monoisotopic (exact) mass is 112 g/mol. The van der Waals surface area contributed by atoms with Crippen molar-refractivity contribution in [3.63, 3.8) is 0 Å². The molecule has 0 aromatic heterocycles. The molecule has 8 heavy (non-hydrogen) atoms. The Morgan fingerprint density at radius 3 is 2.25 bits per heavy atom. The van der Waals surface area contributed by atoms with Gasteiger partial charge in [0, 0.05) is 5.92 Å². The predicted octanol–water partition coefficient (Wildman–Crippen LogP) is 1.62. The third-order valence-electron chi connectivity index (χ3n) is 2.27. The first kappa shape index (κ1) is 5.80. The van der Waals surface area contributed by atoms with Gasteiger partial charge in [-0.15, -0.1) is 0 Å². The van der Waals surface area contributed by atoms with Crippen molar-refractivity contribution in [3.05, 3.63) is 0 Å². The molecule has 0 heterocycles. The van der Waals surface area contributed by atoms with Gasteiger partial charge in [0.1, 0.15) is 6.29 Å². The lowest BCUT2D eigenvalue weighted by Gasteiger charge is -2.40. The van der Waals surface area contributed by atoms with Gasteiger partial charge in [0.15, 0.2) is 0 Å². The van der Waals surface area contributed by atoms with Crippen molar-refractivity contribution < 1.29 is 4.79 Å². The van der Waals surface area contributed by atoms with Crippen molar-refractivity contribution in [2.75, 3.05) is 0 Å². The van der Waals surface area contributed by atoms with E-state index in [9.17, 15) is 4.79 Å². The number of rotatable bonds is 1. The van der Waals surface area contributed by atoms with Gasteiger partial charge in [0.2, 0.25) is 0 Å². The van der Waals surface area contributed by atoms with Gasteiger partial charge in [-0.2, -0.15) is 0 Å². The SMILES string of the molecule is CC1(C)CC[C@@H]1C=O. The van der Waals surface area contributed by atoms with E-state index in [0.717, 1.165) is 12.7 Å². The minimum atomic E-state index is 0.321. The fourth-order valence-corrected chi connectivity index (χ4v) is 1.14. The molecular formula is C7H12O. The van der Waals surface area contributed by atoms with Crippen LogP contribution in [0.2, 0.25) is 0 Å². The van der Waals surface area contributed by atoms with Crippen molar-refractivity contribution in [1.29, 1.82) is 0 Å². The Balaban J connectivity index is 2.49. The third-order valence-corrected chi connectivity index (χ3v) is 2.27. The fraction of sp³-hybridized carbons (Fsp3) is 0.857. The molecule has 0 spiro atoms. The van der Waals surface area contributed by atoms with Crippen LogP contribution in [0.15, 0.2) is 0 Å². The Kier molecular flexibility index (Phi) is 1.14. The van der Waals surface area contributed by atoms with Gasteiger partial charge in [-0.05, 0) is 18.3 Å². The zero-order chi connectivity index (χ0) is 6.20. The molecule has 0 aromatic rings. The van der Waals surface area contributed by atoms with Gasteiger partial charge in [0.05, 0.1) is 0 Å². The second-order valence-electron chi connectivity index (χ2n) is 3.27. The lowest BCUT2D eigenvalue weighted by Crippen LogP contribution is -2.35. The Labute approximate surface area is 50.1 Å². The molecule has 0 aliphatic heterocycles. The molecule has 1 atom stereocenters. The van der Waals surface area contributed by atoms with Crippen molar-refractivity contribution >= 4 is 6.29 Å². The topological polar surface area (TPSA) is 17.1 Å². The van der Waals surface area contributed by atoms with Gasteiger partial charge in [-0.3, -0.25) is 0 Å². The van der Waals surface area contributed by atoms with Crippen LogP contribution in [0.4, 0.5) is 0 Å². The molecule has 1 saturated carbocycles. The van der Waals surface area contributed by atoms with E-state index in [2.05, 4.69) is 13.8 Å². The average Bonchev–Trinajstić information content (AvgIpc) is 1.66. The highest BCUT2D eigenvalue weighted by Gasteiger charge is 2.37. The van der Waals surface area contributed by atoms with E-state index >= 15 is 0 Å². The summed E-state index contributed by atoms with van der Waals surface area (Å²) in [7, 11) is 0. The van der Waals surface area contributed by atoms with E-state index in [-0.39, 0.29) is 0 Å². The molecule has 0 radical (unpaired) electrons. The number of carbonyl (C=O) groups excluding carboxylic acids is 1. The molecule has 0 unspecified atom stereocenters. The van der Waals surface area contributed by atoms with Crippen molar-refractivity contribution in [2.45, 2.75) is 26.7 Å². The number of hydrogen-bond acceptors (Lipinski definition) is 1. The molecule has 1 aliphatic carbocycles. The fourth-order valence-electron chi connectivity index (χ4n) is 1.14. The largest absolute Gasteiger partial charge is 0.303 e. The smallest absolute Gasteiger partial charge is 0.123 e. The van der Waals surface area contributed by atoms with Gasteiger partial charge in [-0.25, -0.2) is 0 Å². The summed E-state index contributed by atoms with van der Waals surface area (Å²) in [5, 5.41) is 0. The molecule has 46 valence electrons. The van der Waals surface area contributed by atoms with Crippen LogP contribution in [0.5, 0.6) is 0 Å². The second-order valence-corrected chi connectivity index (χ2v) is 3.27. The van der Waals surface area contributed by atoms with Crippen LogP contribution in [-0.2, 0) is 4.79 Å². The molecule has 1 fully saturated rings. The third kappa shape index (κ3) is 0.662. The zero-order valence-corrected chi connectivity index (χ0v) is 5.48. The lowest BCUT2D eigenvalue weighted by molar-refractivity contribution is -0.119. The molecule has 1 rings (SSSR count). The van der Waals surface area contributed by atoms with Crippen LogP contribution in [0.1, 0.15) is 26.7 Å². The van der Waals surface area contributed by atoms with Gasteiger partial charge < -0.3 is 4.79 Å². The zero-order valence-electron chi connectivity index (χ0n) is 5.48. The van der Waals surface area contributed by atoms with Crippen molar-refractivity contribution in [3.8, 4) is 0 Å². The molecule has 0 aromatic carbocycles. The minimum Gasteiger partial charge on any atom is -0.303 e. The van der Waals surface area contributed by atoms with Crippen LogP contribution < -0.4 is 0 Å². The minimum absolute atomic E-state index is 0.321. The molecule has 0 saturated heterocycles. The van der Waals surface area contributed by atoms with E-state index < -0.39 is 0 Å². The molecule has 1 aliphatic rings. The molecular weight excluding hydrogens is 100 g/mol. The second kappa shape index (κ2) is 1.57. The van der Waals surface area contributed by atoms with Crippen molar-refractivity contribution in [2.24, 2.45) is 11.3 Å². The Bertz CT molecular complexity index is 105. The summed E-state index contributed by atoms with van der Waals surface area (Å²) in [6, 6.07) is 0. The Morgan fingerprint density at radius 2 is 2.25 bits per heavy atom. The van der Waals surface area contributed by atoms with E-state index in [1.54, 1.807) is 0 Å². The number of aldehydes is 1. The quantitative estimate of drug-likeness (QED) is 0.471. The van der Waals surface area contributed by atoms with Gasteiger partial charge in [-0.1, -0.05) is 13.8 Å². The van der Waals surface area contributed by atoms with Crippen LogP contribution in [-0.4, -0.2) is 6.29 Å². The first-order valence-electron chi connectivity index (χ1n) is 3.12. The maximum Gasteiger partial charge on any atom is 0.123 e. The summed E-state index contributed by atoms with van der Waals surface area (Å²) in [6.07, 6.45) is 3.41. The lowest BCUT2D eigenvalue weighted by atomic mass is 9.63. The summed E-state index contributed by atoms with van der Waals surface area (Å²) in [4.78, 5) is 10.2. The highest BCUT2D eigenvalue weighted by Crippen LogP contribution is 2.44. The van der Waals surface area contributed by atoms with Crippen LogP contribution in [0.3, 0.4) is 0 Å². The molecule has 0 bridgehead atoms. The van der Waals surface area contributed by atoms with Gasteiger partial charge in [0.25, 0.3) is 0 Å². The normalized spacial score (nSPS) is 33.5. The highest BCUT2D eigenvalue weighted by atomic mass is 16.1. The standard InChI is InChI=1S/C7H12O/c1-7(2)4-3-6(7)5-8/h5-6H,3-4H2,1-2H3/t6-/m1/s1. The average molecular weight is 112 g/mol. The predicted molar refractivity (Wildman–Crippen MR) is 32.6 cm³/mol. The first-order chi connectivity index (χ1) is 3.67. The van der Waals surface area contributed by atoms with Crippen molar-refractivity contribution in [1.82, 2.24) is 0 Å². The summed E-state index contributed by atoms with van der Waals surface area (Å²) >= 11 is 0. The Morgan fingerprint density at radius 1 is 1.62 bits per heavy atom. The van der Waals surface area contributed by atoms with Crippen LogP contribution in [0, 0.1) is 11.3 Å². The summed E-state index contributed by atoms with van der Waals surface area (Å²) in [5.74, 6) is 0.350. The summed E-state index contributed by atoms with van der Waals surface area (Å²) < 4.78 is 0. The van der Waals surface area contributed by atoms with Crippen LogP contribution in [0.25, 0.3) is 0 Å². The summed E-state index contributed by atoms with van der Waals surface area (Å²) in [6.45, 7) is 4.30. The molecule has 0 amide bonds. The van der Waals surface area contributed by atoms with Gasteiger partial charge >= 0.3 is 0 Å². The van der Waals surface area contributed by atoms with Crippen LogP contribution >= 0.6 is 0 Å². The Hall–Kier alpha value is -0.330. The number of carbonyl (C=O) groups is 1. The highest BCUT2D eigenvalue weighted by molar-refractivity contribution is 5.56. The molecule has 1 nitrogen and oxygen atoms in total.